The van der Waals surface area contributed by atoms with Crippen LogP contribution in [0.1, 0.15) is 31.3 Å². The van der Waals surface area contributed by atoms with E-state index in [2.05, 4.69) is 10.1 Å². The van der Waals surface area contributed by atoms with Crippen molar-refractivity contribution in [3.8, 4) is 0 Å². The molecule has 0 bridgehead atoms. The summed E-state index contributed by atoms with van der Waals surface area (Å²) < 4.78 is 1.30. The minimum Gasteiger partial charge on any atom is -0.321 e. The smallest absolute Gasteiger partial charge is 0.321 e. The van der Waals surface area contributed by atoms with Crippen molar-refractivity contribution in [2.75, 3.05) is 0 Å². The van der Waals surface area contributed by atoms with Gasteiger partial charge in [0.15, 0.2) is 0 Å². The minimum absolute atomic E-state index is 0.194. The molecule has 1 aliphatic heterocycles. The number of amides is 2. The summed E-state index contributed by atoms with van der Waals surface area (Å²) in [5.41, 5.74) is 0.388. The van der Waals surface area contributed by atoms with Gasteiger partial charge in [-0.15, -0.1) is 5.10 Å². The van der Waals surface area contributed by atoms with E-state index in [0.29, 0.717) is 5.06 Å². The Labute approximate surface area is 112 Å². The fourth-order valence-electron chi connectivity index (χ4n) is 1.81. The Morgan fingerprint density at radius 3 is 2.25 bits per heavy atom. The molecule has 8 heteroatoms. The summed E-state index contributed by atoms with van der Waals surface area (Å²) in [5.74, 6) is -2.58. The van der Waals surface area contributed by atoms with Crippen LogP contribution in [0.25, 0.3) is 0 Å². The standard InChI is InChI=1S/C12H8N4O4/c1-15-6-13-9(14-15)12(19)20-16-10(17)7-4-2-3-5-8(7)11(16)18/h2-6H,1H3. The topological polar surface area (TPSA) is 94.4 Å². The van der Waals surface area contributed by atoms with Gasteiger partial charge in [-0.25, -0.2) is 9.78 Å². The third-order valence-electron chi connectivity index (χ3n) is 2.71. The van der Waals surface area contributed by atoms with Crippen LogP contribution in [0.4, 0.5) is 0 Å². The van der Waals surface area contributed by atoms with E-state index in [1.807, 2.05) is 0 Å². The zero-order valence-corrected chi connectivity index (χ0v) is 10.3. The number of benzene rings is 1. The summed E-state index contributed by atoms with van der Waals surface area (Å²) in [4.78, 5) is 44.1. The number of hydrogen-bond donors (Lipinski definition) is 0. The van der Waals surface area contributed by atoms with E-state index in [1.54, 1.807) is 19.2 Å². The number of rotatable bonds is 2. The second-order valence-corrected chi connectivity index (χ2v) is 4.07. The summed E-state index contributed by atoms with van der Waals surface area (Å²) in [6.45, 7) is 0. The van der Waals surface area contributed by atoms with Gasteiger partial charge >= 0.3 is 5.97 Å². The average Bonchev–Trinajstić information content (AvgIpc) is 2.98. The number of hydroxylamine groups is 2. The number of fused-ring (bicyclic) bond motifs is 1. The number of aromatic nitrogens is 3. The van der Waals surface area contributed by atoms with Crippen LogP contribution in [0.5, 0.6) is 0 Å². The van der Waals surface area contributed by atoms with Crippen LogP contribution in [-0.2, 0) is 11.9 Å². The number of carbonyl (C=O) groups is 3. The maximum absolute atomic E-state index is 12.0. The van der Waals surface area contributed by atoms with Gasteiger partial charge in [0.1, 0.15) is 6.33 Å². The normalized spacial score (nSPS) is 13.6. The van der Waals surface area contributed by atoms with E-state index in [0.717, 1.165) is 0 Å². The lowest BCUT2D eigenvalue weighted by molar-refractivity contribution is -0.0592. The highest BCUT2D eigenvalue weighted by molar-refractivity contribution is 6.21. The maximum atomic E-state index is 12.0. The largest absolute Gasteiger partial charge is 0.403 e. The van der Waals surface area contributed by atoms with Crippen molar-refractivity contribution in [2.45, 2.75) is 0 Å². The molecule has 0 saturated heterocycles. The second kappa shape index (κ2) is 4.26. The average molecular weight is 272 g/mol. The summed E-state index contributed by atoms with van der Waals surface area (Å²) in [7, 11) is 1.58. The highest BCUT2D eigenvalue weighted by Crippen LogP contribution is 2.22. The first-order chi connectivity index (χ1) is 9.58. The molecule has 0 spiro atoms. The molecule has 8 nitrogen and oxygen atoms in total. The second-order valence-electron chi connectivity index (χ2n) is 4.07. The number of carbonyl (C=O) groups excluding carboxylic acids is 3. The predicted molar refractivity (Wildman–Crippen MR) is 63.4 cm³/mol. The quantitative estimate of drug-likeness (QED) is 0.724. The van der Waals surface area contributed by atoms with Crippen LogP contribution in [0.3, 0.4) is 0 Å². The molecule has 0 radical (unpaired) electrons. The van der Waals surface area contributed by atoms with Gasteiger partial charge in [-0.05, 0) is 12.1 Å². The van der Waals surface area contributed by atoms with Crippen LogP contribution < -0.4 is 0 Å². The summed E-state index contributed by atoms with van der Waals surface area (Å²) in [5, 5.41) is 4.15. The highest BCUT2D eigenvalue weighted by Gasteiger charge is 2.39. The summed E-state index contributed by atoms with van der Waals surface area (Å²) in [6, 6.07) is 6.22. The van der Waals surface area contributed by atoms with E-state index >= 15 is 0 Å². The zero-order chi connectivity index (χ0) is 14.3. The van der Waals surface area contributed by atoms with Crippen molar-refractivity contribution in [2.24, 2.45) is 7.05 Å². The molecule has 1 aromatic carbocycles. The zero-order valence-electron chi connectivity index (χ0n) is 10.3. The lowest BCUT2D eigenvalue weighted by Crippen LogP contribution is -2.33. The van der Waals surface area contributed by atoms with Crippen LogP contribution in [0, 0.1) is 0 Å². The molecule has 0 atom stereocenters. The molecule has 0 fully saturated rings. The van der Waals surface area contributed by atoms with Crippen molar-refractivity contribution >= 4 is 17.8 Å². The van der Waals surface area contributed by atoms with Gasteiger partial charge in [0.05, 0.1) is 11.1 Å². The first-order valence-electron chi connectivity index (χ1n) is 5.63. The third kappa shape index (κ3) is 1.74. The molecule has 2 amide bonds. The summed E-state index contributed by atoms with van der Waals surface area (Å²) in [6.07, 6.45) is 1.30. The van der Waals surface area contributed by atoms with Crippen molar-refractivity contribution in [3.63, 3.8) is 0 Å². The molecule has 0 N–H and O–H groups in total. The Bertz CT molecular complexity index is 702. The fraction of sp³-hybridized carbons (Fsp3) is 0.0833. The maximum Gasteiger partial charge on any atom is 0.403 e. The Balaban J connectivity index is 1.85. The SMILES string of the molecule is Cn1cnc(C(=O)ON2C(=O)c3ccccc3C2=O)n1. The number of nitrogens with zero attached hydrogens (tertiary/aromatic N) is 4. The van der Waals surface area contributed by atoms with Crippen LogP contribution in [0.2, 0.25) is 0 Å². The van der Waals surface area contributed by atoms with Gasteiger partial charge in [0.25, 0.3) is 17.6 Å². The lowest BCUT2D eigenvalue weighted by atomic mass is 10.1. The van der Waals surface area contributed by atoms with Crippen LogP contribution in [-0.4, -0.2) is 37.6 Å². The molecule has 0 unspecified atom stereocenters. The van der Waals surface area contributed by atoms with Gasteiger partial charge in [-0.1, -0.05) is 17.2 Å². The monoisotopic (exact) mass is 272 g/mol. The lowest BCUT2D eigenvalue weighted by Gasteiger charge is -2.10. The number of hydrogen-bond acceptors (Lipinski definition) is 6. The van der Waals surface area contributed by atoms with Gasteiger partial charge in [0.2, 0.25) is 0 Å². The van der Waals surface area contributed by atoms with Crippen molar-refractivity contribution in [1.29, 1.82) is 0 Å². The Hall–Kier alpha value is -3.03. The first-order valence-corrected chi connectivity index (χ1v) is 5.63. The highest BCUT2D eigenvalue weighted by atomic mass is 16.7. The first kappa shape index (κ1) is 12.0. The van der Waals surface area contributed by atoms with E-state index in [-0.39, 0.29) is 17.0 Å². The van der Waals surface area contributed by atoms with Crippen LogP contribution >= 0.6 is 0 Å². The number of imide groups is 1. The van der Waals surface area contributed by atoms with Crippen molar-refractivity contribution in [3.05, 3.63) is 47.5 Å². The Morgan fingerprint density at radius 2 is 1.75 bits per heavy atom. The third-order valence-corrected chi connectivity index (χ3v) is 2.71. The molecule has 1 aromatic heterocycles. The van der Waals surface area contributed by atoms with E-state index < -0.39 is 17.8 Å². The van der Waals surface area contributed by atoms with Crippen molar-refractivity contribution < 1.29 is 19.2 Å². The van der Waals surface area contributed by atoms with Gasteiger partial charge in [-0.3, -0.25) is 14.3 Å². The Kier molecular flexibility index (Phi) is 2.56. The summed E-state index contributed by atoms with van der Waals surface area (Å²) >= 11 is 0. The molecule has 3 rings (SSSR count). The molecule has 20 heavy (non-hydrogen) atoms. The molecule has 0 aliphatic carbocycles. The van der Waals surface area contributed by atoms with E-state index in [1.165, 1.54) is 23.1 Å². The van der Waals surface area contributed by atoms with Gasteiger partial charge in [-0.2, -0.15) is 0 Å². The van der Waals surface area contributed by atoms with Crippen molar-refractivity contribution in [1.82, 2.24) is 19.8 Å². The van der Waals surface area contributed by atoms with Gasteiger partial charge in [0, 0.05) is 7.05 Å². The predicted octanol–water partition coefficient (Wildman–Crippen LogP) is 0.183. The van der Waals surface area contributed by atoms with E-state index in [9.17, 15) is 14.4 Å². The fourth-order valence-corrected chi connectivity index (χ4v) is 1.81. The molecular formula is C12H8N4O4. The minimum atomic E-state index is -0.972. The van der Waals surface area contributed by atoms with E-state index in [4.69, 9.17) is 4.84 Å². The molecule has 100 valence electrons. The molecule has 0 saturated carbocycles. The molecule has 2 heterocycles. The molecule has 1 aliphatic rings. The molecular weight excluding hydrogens is 264 g/mol. The molecule has 2 aromatic rings. The van der Waals surface area contributed by atoms with Gasteiger partial charge < -0.3 is 4.84 Å². The van der Waals surface area contributed by atoms with Crippen LogP contribution in [0.15, 0.2) is 30.6 Å². The Morgan fingerprint density at radius 1 is 1.15 bits per heavy atom. The number of aryl methyl sites for hydroxylation is 1.